The fourth-order valence-corrected chi connectivity index (χ4v) is 3.04. The summed E-state index contributed by atoms with van der Waals surface area (Å²) in [5.74, 6) is -0.803. The van der Waals surface area contributed by atoms with Gasteiger partial charge < -0.3 is 5.11 Å². The number of carboxylic acids is 1. The molecule has 1 aromatic heterocycles. The van der Waals surface area contributed by atoms with Crippen molar-refractivity contribution in [2.45, 2.75) is 32.6 Å². The summed E-state index contributed by atoms with van der Waals surface area (Å²) in [5.41, 5.74) is 1.83. The van der Waals surface area contributed by atoms with E-state index in [4.69, 9.17) is 5.11 Å². The van der Waals surface area contributed by atoms with Gasteiger partial charge in [0.1, 0.15) is 0 Å². The molecule has 0 spiro atoms. The second-order valence-electron chi connectivity index (χ2n) is 4.42. The summed E-state index contributed by atoms with van der Waals surface area (Å²) in [4.78, 5) is 16.4. The topological polar surface area (TPSA) is 50.2 Å². The van der Waals surface area contributed by atoms with Crippen LogP contribution in [0.1, 0.15) is 29.7 Å². The Kier molecular flexibility index (Phi) is 4.68. The van der Waals surface area contributed by atoms with E-state index in [1.165, 1.54) is 11.3 Å². The van der Waals surface area contributed by atoms with Gasteiger partial charge in [-0.15, -0.1) is 11.3 Å². The van der Waals surface area contributed by atoms with Crippen LogP contribution in [0.3, 0.4) is 0 Å². The van der Waals surface area contributed by atoms with Gasteiger partial charge in [0.25, 0.3) is 0 Å². The predicted octanol–water partition coefficient (Wildman–Crippen LogP) is 3.78. The molecule has 0 radical (unpaired) electrons. The van der Waals surface area contributed by atoms with Crippen LogP contribution in [0.15, 0.2) is 30.3 Å². The number of carbonyl (C=O) groups is 1. The molecule has 3 nitrogen and oxygen atoms in total. The largest absolute Gasteiger partial charge is 0.481 e. The summed E-state index contributed by atoms with van der Waals surface area (Å²) >= 11 is 1.53. The summed E-state index contributed by atoms with van der Waals surface area (Å²) in [5, 5.41) is 10.0. The first-order valence-corrected chi connectivity index (χ1v) is 7.28. The molecule has 19 heavy (non-hydrogen) atoms. The second-order valence-corrected chi connectivity index (χ2v) is 5.59. The zero-order valence-corrected chi connectivity index (χ0v) is 11.7. The van der Waals surface area contributed by atoms with Crippen LogP contribution < -0.4 is 0 Å². The molecule has 0 fully saturated rings. The molecule has 4 heteroatoms. The van der Waals surface area contributed by atoms with E-state index >= 15 is 0 Å². The Bertz CT molecular complexity index is 549. The Hall–Kier alpha value is -1.68. The van der Waals surface area contributed by atoms with Gasteiger partial charge in [-0.3, -0.25) is 4.79 Å². The Morgan fingerprint density at radius 1 is 1.32 bits per heavy atom. The summed E-state index contributed by atoms with van der Waals surface area (Å²) in [6.45, 7) is 2.14. The minimum atomic E-state index is -0.803. The van der Waals surface area contributed by atoms with E-state index in [2.05, 4.69) is 11.9 Å². The van der Waals surface area contributed by atoms with Crippen LogP contribution in [0, 0.1) is 0 Å². The SMILES string of the molecule is CCCCc1nc(-c2ccccc2)c(CC(=O)O)s1. The molecule has 2 aromatic rings. The first kappa shape index (κ1) is 13.7. The van der Waals surface area contributed by atoms with E-state index in [0.29, 0.717) is 0 Å². The fraction of sp³-hybridized carbons (Fsp3) is 0.333. The highest BCUT2D eigenvalue weighted by Gasteiger charge is 2.15. The fourth-order valence-electron chi connectivity index (χ4n) is 1.91. The molecular weight excluding hydrogens is 258 g/mol. The van der Waals surface area contributed by atoms with E-state index < -0.39 is 5.97 Å². The zero-order chi connectivity index (χ0) is 13.7. The van der Waals surface area contributed by atoms with Crippen LogP contribution in [0.25, 0.3) is 11.3 Å². The van der Waals surface area contributed by atoms with Crippen molar-refractivity contribution in [2.75, 3.05) is 0 Å². The molecule has 1 heterocycles. The van der Waals surface area contributed by atoms with Gasteiger partial charge in [-0.05, 0) is 12.8 Å². The van der Waals surface area contributed by atoms with Crippen LogP contribution in [-0.2, 0) is 17.6 Å². The van der Waals surface area contributed by atoms with Gasteiger partial charge >= 0.3 is 5.97 Å². The lowest BCUT2D eigenvalue weighted by molar-refractivity contribution is -0.136. The molecular formula is C15H17NO2S. The first-order chi connectivity index (χ1) is 9.20. The third-order valence-corrected chi connectivity index (χ3v) is 3.96. The number of unbranched alkanes of at least 4 members (excludes halogenated alkanes) is 1. The van der Waals surface area contributed by atoms with Crippen LogP contribution in [-0.4, -0.2) is 16.1 Å². The second kappa shape index (κ2) is 6.48. The van der Waals surface area contributed by atoms with Crippen molar-refractivity contribution in [3.63, 3.8) is 0 Å². The van der Waals surface area contributed by atoms with Gasteiger partial charge in [-0.25, -0.2) is 4.98 Å². The van der Waals surface area contributed by atoms with Crippen molar-refractivity contribution < 1.29 is 9.90 Å². The van der Waals surface area contributed by atoms with Crippen LogP contribution in [0.5, 0.6) is 0 Å². The molecule has 1 aromatic carbocycles. The third-order valence-electron chi connectivity index (χ3n) is 2.84. The van der Waals surface area contributed by atoms with Crippen molar-refractivity contribution in [1.82, 2.24) is 4.98 Å². The lowest BCUT2D eigenvalue weighted by Gasteiger charge is -1.99. The minimum Gasteiger partial charge on any atom is -0.481 e. The summed E-state index contributed by atoms with van der Waals surface area (Å²) in [7, 11) is 0. The normalized spacial score (nSPS) is 10.6. The first-order valence-electron chi connectivity index (χ1n) is 6.46. The number of rotatable bonds is 6. The standard InChI is InChI=1S/C15H17NO2S/c1-2-3-9-13-16-15(11-7-5-4-6-8-11)12(19-13)10-14(17)18/h4-8H,2-3,9-10H2,1H3,(H,17,18). The van der Waals surface area contributed by atoms with Crippen LogP contribution in [0.4, 0.5) is 0 Å². The monoisotopic (exact) mass is 275 g/mol. The molecule has 0 atom stereocenters. The summed E-state index contributed by atoms with van der Waals surface area (Å²) < 4.78 is 0. The van der Waals surface area contributed by atoms with E-state index in [-0.39, 0.29) is 6.42 Å². The maximum absolute atomic E-state index is 11.0. The van der Waals surface area contributed by atoms with Gasteiger partial charge in [0, 0.05) is 10.4 Å². The van der Waals surface area contributed by atoms with E-state index in [1.807, 2.05) is 30.3 Å². The Morgan fingerprint density at radius 2 is 2.05 bits per heavy atom. The molecule has 0 saturated carbocycles. The van der Waals surface area contributed by atoms with Gasteiger partial charge in [0.2, 0.25) is 0 Å². The lowest BCUT2D eigenvalue weighted by Crippen LogP contribution is -1.99. The van der Waals surface area contributed by atoms with Crippen molar-refractivity contribution in [2.24, 2.45) is 0 Å². The number of aryl methyl sites for hydroxylation is 1. The van der Waals surface area contributed by atoms with Gasteiger partial charge in [0.15, 0.2) is 0 Å². The van der Waals surface area contributed by atoms with Crippen LogP contribution >= 0.6 is 11.3 Å². The van der Waals surface area contributed by atoms with Gasteiger partial charge in [0.05, 0.1) is 17.1 Å². The summed E-state index contributed by atoms with van der Waals surface area (Å²) in [6, 6.07) is 9.80. The lowest BCUT2D eigenvalue weighted by atomic mass is 10.1. The Balaban J connectivity index is 2.33. The summed E-state index contributed by atoms with van der Waals surface area (Å²) in [6.07, 6.45) is 3.19. The van der Waals surface area contributed by atoms with E-state index in [0.717, 1.165) is 40.4 Å². The average molecular weight is 275 g/mol. The third kappa shape index (κ3) is 3.64. The number of aromatic nitrogens is 1. The minimum absolute atomic E-state index is 0.0496. The number of carboxylic acid groups (broad SMARTS) is 1. The molecule has 0 aliphatic heterocycles. The number of hydrogen-bond donors (Lipinski definition) is 1. The highest BCUT2D eigenvalue weighted by Crippen LogP contribution is 2.29. The molecule has 0 aliphatic rings. The molecule has 100 valence electrons. The molecule has 0 aliphatic carbocycles. The van der Waals surface area contributed by atoms with Crippen molar-refractivity contribution in [3.05, 3.63) is 40.2 Å². The molecule has 1 N–H and O–H groups in total. The highest BCUT2D eigenvalue weighted by molar-refractivity contribution is 7.12. The highest BCUT2D eigenvalue weighted by atomic mass is 32.1. The van der Waals surface area contributed by atoms with Gasteiger partial charge in [-0.1, -0.05) is 43.7 Å². The van der Waals surface area contributed by atoms with Crippen LogP contribution in [0.2, 0.25) is 0 Å². The number of nitrogens with zero attached hydrogens (tertiary/aromatic N) is 1. The smallest absolute Gasteiger partial charge is 0.308 e. The average Bonchev–Trinajstić information content (AvgIpc) is 2.79. The van der Waals surface area contributed by atoms with Crippen molar-refractivity contribution in [3.8, 4) is 11.3 Å². The van der Waals surface area contributed by atoms with E-state index in [9.17, 15) is 4.79 Å². The zero-order valence-electron chi connectivity index (χ0n) is 10.9. The van der Waals surface area contributed by atoms with Crippen molar-refractivity contribution >= 4 is 17.3 Å². The molecule has 0 saturated heterocycles. The quantitative estimate of drug-likeness (QED) is 0.872. The molecule has 0 unspecified atom stereocenters. The maximum Gasteiger partial charge on any atom is 0.308 e. The predicted molar refractivity (Wildman–Crippen MR) is 77.5 cm³/mol. The molecule has 0 amide bonds. The number of benzene rings is 1. The van der Waals surface area contributed by atoms with Gasteiger partial charge in [-0.2, -0.15) is 0 Å². The molecule has 0 bridgehead atoms. The Morgan fingerprint density at radius 3 is 2.68 bits per heavy atom. The number of hydrogen-bond acceptors (Lipinski definition) is 3. The number of thiazole rings is 1. The Labute approximate surface area is 116 Å². The number of aliphatic carboxylic acids is 1. The van der Waals surface area contributed by atoms with Crippen molar-refractivity contribution in [1.29, 1.82) is 0 Å². The molecule has 2 rings (SSSR count). The van der Waals surface area contributed by atoms with E-state index in [1.54, 1.807) is 0 Å². The maximum atomic E-state index is 11.0.